The highest BCUT2D eigenvalue weighted by Crippen LogP contribution is 2.37. The Kier molecular flexibility index (Phi) is 8.71. The fourth-order valence-electron chi connectivity index (χ4n) is 5.05. The molecule has 0 aliphatic carbocycles. The van der Waals surface area contributed by atoms with Crippen LogP contribution >= 0.6 is 11.3 Å². The van der Waals surface area contributed by atoms with Gasteiger partial charge in [0.1, 0.15) is 15.4 Å². The number of halogens is 3. The van der Waals surface area contributed by atoms with Crippen LogP contribution in [0.2, 0.25) is 0 Å². The molecular weight excluding hydrogens is 593 g/mol. The number of alkyl halides is 3. The molecule has 44 heavy (non-hydrogen) atoms. The van der Waals surface area contributed by atoms with E-state index in [-0.39, 0.29) is 5.89 Å². The molecule has 2 aromatic carbocycles. The summed E-state index contributed by atoms with van der Waals surface area (Å²) in [5, 5.41) is 3.17. The largest absolute Gasteiger partial charge is 0.452 e. The molecule has 1 fully saturated rings. The SMILES string of the molecule is COCCN1CCN(Cc2cnc3sc(-c4ccccc4NC(=O)c4nc(-c5ccccc5)oc4C(F)(F)F)nc3c2)CC1. The van der Waals surface area contributed by atoms with Gasteiger partial charge in [0, 0.05) is 63.7 Å². The number of piperazine rings is 1. The Bertz CT molecular complexity index is 1750. The summed E-state index contributed by atoms with van der Waals surface area (Å²) in [6.45, 7) is 6.27. The first-order chi connectivity index (χ1) is 21.3. The van der Waals surface area contributed by atoms with Gasteiger partial charge in [-0.2, -0.15) is 13.2 Å². The summed E-state index contributed by atoms with van der Waals surface area (Å²) in [6, 6.07) is 16.9. The molecule has 1 amide bonds. The van der Waals surface area contributed by atoms with Crippen molar-refractivity contribution in [2.75, 3.05) is 51.8 Å². The maximum Gasteiger partial charge on any atom is 0.452 e. The highest BCUT2D eigenvalue weighted by atomic mass is 32.1. The first-order valence-corrected chi connectivity index (χ1v) is 14.8. The summed E-state index contributed by atoms with van der Waals surface area (Å²) in [5.41, 5.74) is 2.08. The van der Waals surface area contributed by atoms with E-state index in [0.717, 1.165) is 56.3 Å². The van der Waals surface area contributed by atoms with Crippen molar-refractivity contribution in [2.24, 2.45) is 0 Å². The van der Waals surface area contributed by atoms with Crippen molar-refractivity contribution in [2.45, 2.75) is 12.7 Å². The molecule has 9 nitrogen and oxygen atoms in total. The highest BCUT2D eigenvalue weighted by molar-refractivity contribution is 7.21. The van der Waals surface area contributed by atoms with Gasteiger partial charge in [-0.3, -0.25) is 14.6 Å². The van der Waals surface area contributed by atoms with Gasteiger partial charge in [-0.1, -0.05) is 41.7 Å². The van der Waals surface area contributed by atoms with Gasteiger partial charge in [0.25, 0.3) is 5.91 Å². The number of nitrogens with zero attached hydrogens (tertiary/aromatic N) is 5. The second kappa shape index (κ2) is 12.8. The maximum atomic E-state index is 13.8. The Balaban J connectivity index is 1.21. The number of pyridine rings is 1. The van der Waals surface area contributed by atoms with E-state index in [1.165, 1.54) is 11.3 Å². The minimum Gasteiger partial charge on any atom is -0.431 e. The van der Waals surface area contributed by atoms with Crippen LogP contribution in [0.4, 0.5) is 18.9 Å². The number of hydrogen-bond acceptors (Lipinski definition) is 9. The molecule has 1 N–H and O–H groups in total. The van der Waals surface area contributed by atoms with Crippen molar-refractivity contribution >= 4 is 33.3 Å². The summed E-state index contributed by atoms with van der Waals surface area (Å²) < 4.78 is 51.8. The van der Waals surface area contributed by atoms with Gasteiger partial charge < -0.3 is 14.5 Å². The van der Waals surface area contributed by atoms with Gasteiger partial charge in [-0.15, -0.1) is 0 Å². The van der Waals surface area contributed by atoms with Crippen molar-refractivity contribution in [3.63, 3.8) is 0 Å². The standard InChI is InChI=1S/C31H29F3N6O3S/c1-42-16-15-39-11-13-40(14-12-39)19-20-17-24-30(35-18-20)44-29(37-24)22-9-5-6-10-23(22)36-27(41)25-26(31(32,33)34)43-28(38-25)21-7-3-2-4-8-21/h2-10,17-18H,11-16,19H2,1H3,(H,36,41). The molecule has 3 aromatic heterocycles. The zero-order chi connectivity index (χ0) is 30.7. The van der Waals surface area contributed by atoms with Crippen molar-refractivity contribution in [3.05, 3.63) is 83.9 Å². The zero-order valence-electron chi connectivity index (χ0n) is 23.8. The molecule has 13 heteroatoms. The number of fused-ring (bicyclic) bond motifs is 1. The van der Waals surface area contributed by atoms with E-state index in [1.807, 2.05) is 12.3 Å². The number of rotatable bonds is 9. The van der Waals surface area contributed by atoms with E-state index >= 15 is 0 Å². The van der Waals surface area contributed by atoms with E-state index in [9.17, 15) is 18.0 Å². The average Bonchev–Trinajstić information content (AvgIpc) is 3.67. The number of benzene rings is 2. The molecule has 0 bridgehead atoms. The lowest BCUT2D eigenvalue weighted by Crippen LogP contribution is -2.46. The number of carbonyl (C=O) groups is 1. The number of carbonyl (C=O) groups excluding carboxylic acids is 1. The second-order valence-electron chi connectivity index (χ2n) is 10.4. The topological polar surface area (TPSA) is 96.6 Å². The summed E-state index contributed by atoms with van der Waals surface area (Å²) >= 11 is 1.34. The first kappa shape index (κ1) is 29.9. The minimum absolute atomic E-state index is 0.292. The monoisotopic (exact) mass is 622 g/mol. The van der Waals surface area contributed by atoms with E-state index in [1.54, 1.807) is 61.7 Å². The second-order valence-corrected chi connectivity index (χ2v) is 11.3. The predicted molar refractivity (Wildman–Crippen MR) is 161 cm³/mol. The van der Waals surface area contributed by atoms with Crippen molar-refractivity contribution in [3.8, 4) is 22.0 Å². The summed E-state index contributed by atoms with van der Waals surface area (Å²) in [6.07, 6.45) is -3.07. The summed E-state index contributed by atoms with van der Waals surface area (Å²) in [7, 11) is 1.71. The van der Waals surface area contributed by atoms with Gasteiger partial charge in [0.15, 0.2) is 5.69 Å². The number of hydrogen-bond donors (Lipinski definition) is 1. The predicted octanol–water partition coefficient (Wildman–Crippen LogP) is 6.05. The Morgan fingerprint density at radius 3 is 2.50 bits per heavy atom. The Hall–Kier alpha value is -4.17. The Morgan fingerprint density at radius 2 is 1.75 bits per heavy atom. The number of nitrogens with one attached hydrogen (secondary N) is 1. The number of oxazole rings is 1. The van der Waals surface area contributed by atoms with Gasteiger partial charge in [-0.05, 0) is 35.9 Å². The van der Waals surface area contributed by atoms with Gasteiger partial charge in [0.05, 0.1) is 12.3 Å². The van der Waals surface area contributed by atoms with Crippen LogP contribution in [0.15, 0.2) is 71.3 Å². The maximum absolute atomic E-state index is 13.8. The number of anilines is 1. The number of methoxy groups -OCH3 is 1. The number of ether oxygens (including phenoxy) is 1. The van der Waals surface area contributed by atoms with Crippen molar-refractivity contribution in [1.29, 1.82) is 0 Å². The molecule has 1 saturated heterocycles. The van der Waals surface area contributed by atoms with E-state index in [2.05, 4.69) is 25.1 Å². The summed E-state index contributed by atoms with van der Waals surface area (Å²) in [5.74, 6) is -2.80. The van der Waals surface area contributed by atoms with Gasteiger partial charge >= 0.3 is 6.18 Å². The molecular formula is C31H29F3N6O3S. The third kappa shape index (κ3) is 6.65. The molecule has 1 aliphatic heterocycles. The van der Waals surface area contributed by atoms with Crippen LogP contribution in [-0.2, 0) is 17.5 Å². The zero-order valence-corrected chi connectivity index (χ0v) is 24.6. The number of thiazole rings is 1. The van der Waals surface area contributed by atoms with E-state index in [0.29, 0.717) is 27.3 Å². The third-order valence-corrected chi connectivity index (χ3v) is 8.33. The lowest BCUT2D eigenvalue weighted by Gasteiger charge is -2.34. The number of para-hydroxylation sites is 1. The van der Waals surface area contributed by atoms with Crippen molar-refractivity contribution in [1.82, 2.24) is 24.8 Å². The quantitative estimate of drug-likeness (QED) is 0.212. The average molecular weight is 623 g/mol. The van der Waals surface area contributed by atoms with Crippen LogP contribution in [0.5, 0.6) is 0 Å². The molecule has 0 saturated carbocycles. The van der Waals surface area contributed by atoms with Gasteiger partial charge in [-0.25, -0.2) is 15.0 Å². The van der Waals surface area contributed by atoms with Crippen LogP contribution in [0.25, 0.3) is 32.4 Å². The van der Waals surface area contributed by atoms with E-state index in [4.69, 9.17) is 14.1 Å². The smallest absolute Gasteiger partial charge is 0.431 e. The fourth-order valence-corrected chi connectivity index (χ4v) is 5.98. The Labute approximate surface area is 255 Å². The molecule has 0 unspecified atom stereocenters. The highest BCUT2D eigenvalue weighted by Gasteiger charge is 2.42. The molecule has 0 spiro atoms. The number of amides is 1. The molecule has 0 radical (unpaired) electrons. The first-order valence-electron chi connectivity index (χ1n) is 14.0. The molecule has 1 aliphatic rings. The lowest BCUT2D eigenvalue weighted by atomic mass is 10.1. The molecule has 6 rings (SSSR count). The van der Waals surface area contributed by atoms with Crippen molar-refractivity contribution < 1.29 is 27.1 Å². The van der Waals surface area contributed by atoms with Gasteiger partial charge in [0.2, 0.25) is 11.7 Å². The van der Waals surface area contributed by atoms with E-state index < -0.39 is 23.5 Å². The number of aromatic nitrogens is 3. The fraction of sp³-hybridized carbons (Fsp3) is 0.290. The molecule has 5 aromatic rings. The molecule has 4 heterocycles. The third-order valence-electron chi connectivity index (χ3n) is 7.31. The van der Waals surface area contributed by atoms with Crippen LogP contribution in [0.1, 0.15) is 21.8 Å². The summed E-state index contributed by atoms with van der Waals surface area (Å²) in [4.78, 5) is 32.0. The van der Waals surface area contributed by atoms with Crippen LogP contribution in [0.3, 0.4) is 0 Å². The van der Waals surface area contributed by atoms with Crippen LogP contribution < -0.4 is 5.32 Å². The normalized spacial score (nSPS) is 14.7. The molecule has 228 valence electrons. The van der Waals surface area contributed by atoms with Crippen LogP contribution in [-0.4, -0.2) is 77.1 Å². The Morgan fingerprint density at radius 1 is 1.02 bits per heavy atom. The minimum atomic E-state index is -4.92. The molecule has 0 atom stereocenters. The lowest BCUT2D eigenvalue weighted by molar-refractivity contribution is -0.153. The van der Waals surface area contributed by atoms with Crippen LogP contribution in [0, 0.1) is 0 Å².